The summed E-state index contributed by atoms with van der Waals surface area (Å²) < 4.78 is 6.76. The van der Waals surface area contributed by atoms with Crippen LogP contribution in [-0.4, -0.2) is 29.5 Å². The predicted molar refractivity (Wildman–Crippen MR) is 75.7 cm³/mol. The maximum Gasteiger partial charge on any atom is 0.287 e. The largest absolute Gasteiger partial charge is 0.380 e. The molecule has 1 aliphatic carbocycles. The molecule has 19 heavy (non-hydrogen) atoms. The van der Waals surface area contributed by atoms with E-state index < -0.39 is 0 Å². The summed E-state index contributed by atoms with van der Waals surface area (Å²) >= 11 is 6.00. The monoisotopic (exact) mass is 283 g/mol. The lowest BCUT2D eigenvalue weighted by Gasteiger charge is -2.09. The van der Waals surface area contributed by atoms with E-state index in [0.717, 1.165) is 12.5 Å². The first-order chi connectivity index (χ1) is 9.22. The Balaban J connectivity index is 1.83. The molecule has 1 heterocycles. The van der Waals surface area contributed by atoms with Crippen molar-refractivity contribution in [2.24, 2.45) is 5.92 Å². The van der Waals surface area contributed by atoms with Crippen LogP contribution in [0.5, 0.6) is 0 Å². The normalized spacial score (nSPS) is 14.4. The number of nitrogens with one attached hydrogen (secondary N) is 1. The number of halogens is 1. The van der Waals surface area contributed by atoms with E-state index in [1.165, 1.54) is 17.5 Å². The number of hydrogen-bond acceptors (Lipinski definition) is 4. The average Bonchev–Trinajstić information content (AvgIpc) is 3.21. The average molecular weight is 284 g/mol. The lowest BCUT2D eigenvalue weighted by Crippen LogP contribution is -2.24. The molecule has 1 aromatic heterocycles. The van der Waals surface area contributed by atoms with Crippen LogP contribution in [0.1, 0.15) is 12.8 Å². The van der Waals surface area contributed by atoms with Crippen molar-refractivity contribution in [1.29, 1.82) is 0 Å². The first-order valence-corrected chi connectivity index (χ1v) is 6.78. The van der Waals surface area contributed by atoms with Gasteiger partial charge in [0, 0.05) is 13.2 Å². The Morgan fingerprint density at radius 1 is 1.63 bits per heavy atom. The third-order valence-electron chi connectivity index (χ3n) is 2.90. The van der Waals surface area contributed by atoms with Gasteiger partial charge >= 0.3 is 0 Å². The van der Waals surface area contributed by atoms with Gasteiger partial charge in [-0.2, -0.15) is 5.10 Å². The second-order valence-electron chi connectivity index (χ2n) is 4.59. The number of nitrogens with zero attached hydrogens (tertiary/aromatic N) is 2. The van der Waals surface area contributed by atoms with Crippen LogP contribution in [0.25, 0.3) is 0 Å². The highest BCUT2D eigenvalue weighted by Crippen LogP contribution is 2.28. The molecular weight excluding hydrogens is 266 g/mol. The van der Waals surface area contributed by atoms with Crippen LogP contribution >= 0.6 is 11.6 Å². The fraction of sp³-hybridized carbons (Fsp3) is 0.538. The van der Waals surface area contributed by atoms with Crippen LogP contribution in [0, 0.1) is 5.92 Å². The smallest absolute Gasteiger partial charge is 0.287 e. The minimum atomic E-state index is -0.314. The van der Waals surface area contributed by atoms with E-state index in [0.29, 0.717) is 25.4 Å². The second-order valence-corrected chi connectivity index (χ2v) is 4.97. The topological polar surface area (TPSA) is 56.1 Å². The summed E-state index contributed by atoms with van der Waals surface area (Å²) in [6.07, 6.45) is 5.72. The Hall–Kier alpha value is -1.33. The fourth-order valence-corrected chi connectivity index (χ4v) is 1.85. The Morgan fingerprint density at radius 3 is 3.11 bits per heavy atom. The quantitative estimate of drug-likeness (QED) is 0.585. The van der Waals surface area contributed by atoms with E-state index >= 15 is 0 Å². The molecule has 1 saturated carbocycles. The van der Waals surface area contributed by atoms with Crippen LogP contribution in [0.15, 0.2) is 23.6 Å². The van der Waals surface area contributed by atoms with Gasteiger partial charge in [-0.1, -0.05) is 17.7 Å². The Bertz CT molecular complexity index is 497. The van der Waals surface area contributed by atoms with E-state index in [4.69, 9.17) is 16.3 Å². The summed E-state index contributed by atoms with van der Waals surface area (Å²) in [5.41, 5.74) is 0.229. The minimum absolute atomic E-state index is 0.152. The molecule has 0 amide bonds. The molecule has 104 valence electrons. The summed E-state index contributed by atoms with van der Waals surface area (Å²) in [5, 5.41) is 7.22. The molecule has 6 heteroatoms. The maximum atomic E-state index is 11.8. The molecule has 5 nitrogen and oxygen atoms in total. The Labute approximate surface area is 117 Å². The zero-order valence-electron chi connectivity index (χ0n) is 10.8. The lowest BCUT2D eigenvalue weighted by atomic mass is 10.4. The van der Waals surface area contributed by atoms with Crippen molar-refractivity contribution >= 4 is 17.3 Å². The van der Waals surface area contributed by atoms with Gasteiger partial charge < -0.3 is 10.1 Å². The summed E-state index contributed by atoms with van der Waals surface area (Å²) in [6.45, 7) is 5.95. The van der Waals surface area contributed by atoms with Gasteiger partial charge in [-0.15, -0.1) is 6.58 Å². The predicted octanol–water partition coefficient (Wildman–Crippen LogP) is 1.92. The molecule has 1 aromatic rings. The first-order valence-electron chi connectivity index (χ1n) is 6.40. The van der Waals surface area contributed by atoms with Crippen molar-refractivity contribution in [3.05, 3.63) is 34.2 Å². The fourth-order valence-electron chi connectivity index (χ4n) is 1.63. The van der Waals surface area contributed by atoms with Crippen molar-refractivity contribution in [1.82, 2.24) is 9.78 Å². The zero-order chi connectivity index (χ0) is 13.7. The van der Waals surface area contributed by atoms with Crippen molar-refractivity contribution < 1.29 is 4.74 Å². The summed E-state index contributed by atoms with van der Waals surface area (Å²) in [6, 6.07) is 0. The molecular formula is C13H18ClN3O2. The van der Waals surface area contributed by atoms with Gasteiger partial charge in [0.25, 0.3) is 5.56 Å². The van der Waals surface area contributed by atoms with Crippen molar-refractivity contribution in [3.8, 4) is 0 Å². The molecule has 0 radical (unpaired) electrons. The SMILES string of the molecule is C=CCn1ncc(NCCOCC2CC2)c(Cl)c1=O. The van der Waals surface area contributed by atoms with Gasteiger partial charge in [0.1, 0.15) is 5.02 Å². The number of anilines is 1. The van der Waals surface area contributed by atoms with Crippen molar-refractivity contribution in [3.63, 3.8) is 0 Å². The van der Waals surface area contributed by atoms with E-state index in [2.05, 4.69) is 17.0 Å². The van der Waals surface area contributed by atoms with Crippen molar-refractivity contribution in [2.45, 2.75) is 19.4 Å². The molecule has 0 saturated heterocycles. The van der Waals surface area contributed by atoms with E-state index in [-0.39, 0.29) is 10.6 Å². The standard InChI is InChI=1S/C13H18ClN3O2/c1-2-6-17-13(18)12(14)11(8-16-17)15-5-7-19-9-10-3-4-10/h2,8,10,15H,1,3-7,9H2. The molecule has 0 spiro atoms. The zero-order valence-corrected chi connectivity index (χ0v) is 11.5. The van der Waals surface area contributed by atoms with Gasteiger partial charge in [-0.05, 0) is 18.8 Å². The number of rotatable bonds is 8. The minimum Gasteiger partial charge on any atom is -0.380 e. The van der Waals surface area contributed by atoms with Crippen LogP contribution in [0.4, 0.5) is 5.69 Å². The molecule has 1 N–H and O–H groups in total. The van der Waals surface area contributed by atoms with Crippen LogP contribution < -0.4 is 10.9 Å². The van der Waals surface area contributed by atoms with Crippen LogP contribution in [0.2, 0.25) is 5.02 Å². The van der Waals surface area contributed by atoms with Crippen LogP contribution in [-0.2, 0) is 11.3 Å². The van der Waals surface area contributed by atoms with Crippen molar-refractivity contribution in [2.75, 3.05) is 25.1 Å². The highest BCUT2D eigenvalue weighted by molar-refractivity contribution is 6.32. The van der Waals surface area contributed by atoms with E-state index in [1.54, 1.807) is 12.3 Å². The second kappa shape index (κ2) is 6.73. The van der Waals surface area contributed by atoms with Gasteiger partial charge in [-0.25, -0.2) is 4.68 Å². The highest BCUT2D eigenvalue weighted by atomic mass is 35.5. The summed E-state index contributed by atoms with van der Waals surface area (Å²) in [5.74, 6) is 0.757. The number of hydrogen-bond donors (Lipinski definition) is 1. The number of aromatic nitrogens is 2. The van der Waals surface area contributed by atoms with E-state index in [9.17, 15) is 4.79 Å². The maximum absolute atomic E-state index is 11.8. The third kappa shape index (κ3) is 4.08. The first kappa shape index (κ1) is 14.1. The van der Waals surface area contributed by atoms with Crippen LogP contribution in [0.3, 0.4) is 0 Å². The van der Waals surface area contributed by atoms with Gasteiger partial charge in [0.2, 0.25) is 0 Å². The molecule has 2 rings (SSSR count). The molecule has 0 aromatic carbocycles. The Morgan fingerprint density at radius 2 is 2.42 bits per heavy atom. The van der Waals surface area contributed by atoms with Gasteiger partial charge in [-0.3, -0.25) is 4.79 Å². The van der Waals surface area contributed by atoms with E-state index in [1.807, 2.05) is 0 Å². The molecule has 0 bridgehead atoms. The third-order valence-corrected chi connectivity index (χ3v) is 3.26. The summed E-state index contributed by atoms with van der Waals surface area (Å²) in [7, 11) is 0. The Kier molecular flexibility index (Phi) is 4.99. The molecule has 1 fully saturated rings. The molecule has 0 aliphatic heterocycles. The number of allylic oxidation sites excluding steroid dienone is 1. The molecule has 0 unspecified atom stereocenters. The molecule has 1 aliphatic rings. The van der Waals surface area contributed by atoms with Gasteiger partial charge in [0.05, 0.1) is 25.0 Å². The summed E-state index contributed by atoms with van der Waals surface area (Å²) in [4.78, 5) is 11.8. The van der Waals surface area contributed by atoms with Gasteiger partial charge in [0.15, 0.2) is 0 Å². The highest BCUT2D eigenvalue weighted by Gasteiger charge is 2.20. The lowest BCUT2D eigenvalue weighted by molar-refractivity contribution is 0.134. The number of ether oxygens (including phenoxy) is 1. The molecule has 0 atom stereocenters.